The van der Waals surface area contributed by atoms with Gasteiger partial charge in [0.2, 0.25) is 0 Å². The number of carbonyl (C=O) groups excluding carboxylic acids is 1. The van der Waals surface area contributed by atoms with Crippen molar-refractivity contribution >= 4 is 17.6 Å². The van der Waals surface area contributed by atoms with Crippen LogP contribution in [0.1, 0.15) is 32.8 Å². The van der Waals surface area contributed by atoms with Crippen LogP contribution in [0.3, 0.4) is 0 Å². The summed E-state index contributed by atoms with van der Waals surface area (Å²) in [5.41, 5.74) is 6.81. The zero-order chi connectivity index (χ0) is 15.1. The molecule has 2 atom stereocenters. The Morgan fingerprint density at radius 1 is 1.40 bits per heavy atom. The molecule has 2 unspecified atom stereocenters. The second-order valence-corrected chi connectivity index (χ2v) is 5.01. The van der Waals surface area contributed by atoms with Gasteiger partial charge in [0.15, 0.2) is 6.10 Å². The van der Waals surface area contributed by atoms with Crippen LogP contribution < -0.4 is 10.5 Å². The van der Waals surface area contributed by atoms with E-state index in [1.807, 2.05) is 6.92 Å². The van der Waals surface area contributed by atoms with Gasteiger partial charge >= 0.3 is 5.97 Å². The number of esters is 1. The molecule has 0 aliphatic carbocycles. The van der Waals surface area contributed by atoms with Gasteiger partial charge in [0.25, 0.3) is 0 Å². The Morgan fingerprint density at radius 3 is 2.70 bits per heavy atom. The predicted octanol–water partition coefficient (Wildman–Crippen LogP) is 2.95. The minimum atomic E-state index is -0.676. The number of benzene rings is 1. The summed E-state index contributed by atoms with van der Waals surface area (Å²) < 4.78 is 10.6. The van der Waals surface area contributed by atoms with Crippen molar-refractivity contribution in [3.63, 3.8) is 0 Å². The third kappa shape index (κ3) is 4.69. The molecule has 4 nitrogen and oxygen atoms in total. The Morgan fingerprint density at radius 2 is 2.10 bits per heavy atom. The average molecular weight is 300 g/mol. The largest absolute Gasteiger partial charge is 0.479 e. The first-order valence-corrected chi connectivity index (χ1v) is 7.23. The first-order chi connectivity index (χ1) is 9.49. The first-order valence-electron chi connectivity index (χ1n) is 6.85. The smallest absolute Gasteiger partial charge is 0.347 e. The van der Waals surface area contributed by atoms with Gasteiger partial charge in [-0.15, -0.1) is 0 Å². The molecule has 1 rings (SSSR count). The third-order valence-corrected chi connectivity index (χ3v) is 3.34. The molecule has 0 saturated heterocycles. The highest BCUT2D eigenvalue weighted by molar-refractivity contribution is 6.31. The molecule has 0 aliphatic heterocycles. The van der Waals surface area contributed by atoms with Crippen LogP contribution >= 0.6 is 11.6 Å². The van der Waals surface area contributed by atoms with E-state index in [2.05, 4.69) is 0 Å². The van der Waals surface area contributed by atoms with E-state index in [-0.39, 0.29) is 6.04 Å². The van der Waals surface area contributed by atoms with E-state index in [9.17, 15) is 4.79 Å². The highest BCUT2D eigenvalue weighted by atomic mass is 35.5. The van der Waals surface area contributed by atoms with Gasteiger partial charge in [0.05, 0.1) is 6.61 Å². The number of nitrogens with two attached hydrogens (primary N) is 1. The van der Waals surface area contributed by atoms with E-state index in [1.165, 1.54) is 0 Å². The number of carbonyl (C=O) groups is 1. The van der Waals surface area contributed by atoms with Crippen molar-refractivity contribution in [2.45, 2.75) is 45.8 Å². The van der Waals surface area contributed by atoms with Gasteiger partial charge in [-0.2, -0.15) is 0 Å². The maximum absolute atomic E-state index is 11.6. The Kier molecular flexibility index (Phi) is 6.82. The predicted molar refractivity (Wildman–Crippen MR) is 80.1 cm³/mol. The third-order valence-electron chi connectivity index (χ3n) is 2.99. The summed E-state index contributed by atoms with van der Waals surface area (Å²) in [6.07, 6.45) is 0.782. The SMILES string of the molecule is CCOC(=O)C(C)Oc1cccc(Cl)c1CC(N)CC. The summed E-state index contributed by atoms with van der Waals surface area (Å²) in [6, 6.07) is 5.38. The number of hydrogen-bond donors (Lipinski definition) is 1. The van der Waals surface area contributed by atoms with Gasteiger partial charge in [0, 0.05) is 16.6 Å². The van der Waals surface area contributed by atoms with Crippen molar-refractivity contribution in [3.05, 3.63) is 28.8 Å². The maximum atomic E-state index is 11.6. The van der Waals surface area contributed by atoms with E-state index in [4.69, 9.17) is 26.8 Å². The fourth-order valence-corrected chi connectivity index (χ4v) is 2.00. The van der Waals surface area contributed by atoms with Gasteiger partial charge < -0.3 is 15.2 Å². The molecule has 0 aromatic heterocycles. The summed E-state index contributed by atoms with van der Waals surface area (Å²) in [5.74, 6) is 0.195. The van der Waals surface area contributed by atoms with Crippen LogP contribution in [0.15, 0.2) is 18.2 Å². The van der Waals surface area contributed by atoms with Crippen molar-refractivity contribution in [3.8, 4) is 5.75 Å². The molecule has 0 heterocycles. The summed E-state index contributed by atoms with van der Waals surface area (Å²) in [6.45, 7) is 5.76. The van der Waals surface area contributed by atoms with Crippen LogP contribution in [-0.4, -0.2) is 24.7 Å². The summed E-state index contributed by atoms with van der Waals surface area (Å²) >= 11 is 6.20. The fourth-order valence-electron chi connectivity index (χ4n) is 1.75. The van der Waals surface area contributed by atoms with Crippen LogP contribution in [0, 0.1) is 0 Å². The quantitative estimate of drug-likeness (QED) is 0.786. The lowest BCUT2D eigenvalue weighted by Gasteiger charge is -2.18. The standard InChI is InChI=1S/C15H22ClNO3/c1-4-11(17)9-12-13(16)7-6-8-14(12)20-10(3)15(18)19-5-2/h6-8,10-11H,4-5,9,17H2,1-3H3. The molecule has 0 fully saturated rings. The van der Waals surface area contributed by atoms with E-state index in [1.54, 1.807) is 32.0 Å². The van der Waals surface area contributed by atoms with Crippen LogP contribution in [0.25, 0.3) is 0 Å². The van der Waals surface area contributed by atoms with Crippen molar-refractivity contribution in [2.75, 3.05) is 6.61 Å². The number of ether oxygens (including phenoxy) is 2. The average Bonchev–Trinajstić information content (AvgIpc) is 2.42. The van der Waals surface area contributed by atoms with Crippen LogP contribution in [-0.2, 0) is 16.0 Å². The molecule has 2 N–H and O–H groups in total. The second kappa shape index (κ2) is 8.12. The van der Waals surface area contributed by atoms with E-state index in [0.29, 0.717) is 23.8 Å². The molecule has 0 bridgehead atoms. The molecule has 1 aromatic carbocycles. The molecule has 1 aromatic rings. The zero-order valence-electron chi connectivity index (χ0n) is 12.2. The minimum Gasteiger partial charge on any atom is -0.479 e. The van der Waals surface area contributed by atoms with Crippen LogP contribution in [0.4, 0.5) is 0 Å². The number of rotatable bonds is 7. The fraction of sp³-hybridized carbons (Fsp3) is 0.533. The van der Waals surface area contributed by atoms with Gasteiger partial charge in [-0.05, 0) is 38.8 Å². The topological polar surface area (TPSA) is 61.5 Å². The van der Waals surface area contributed by atoms with Gasteiger partial charge in [-0.25, -0.2) is 4.79 Å². The Bertz CT molecular complexity index is 451. The summed E-state index contributed by atoms with van der Waals surface area (Å²) in [7, 11) is 0. The van der Waals surface area contributed by atoms with E-state index >= 15 is 0 Å². The van der Waals surface area contributed by atoms with Gasteiger partial charge in [0.1, 0.15) is 5.75 Å². The second-order valence-electron chi connectivity index (χ2n) is 4.60. The van der Waals surface area contributed by atoms with Gasteiger partial charge in [-0.1, -0.05) is 24.6 Å². The van der Waals surface area contributed by atoms with E-state index in [0.717, 1.165) is 12.0 Å². The molecule has 0 amide bonds. The maximum Gasteiger partial charge on any atom is 0.347 e. The molecule has 0 radical (unpaired) electrons. The van der Waals surface area contributed by atoms with Crippen LogP contribution in [0.5, 0.6) is 5.75 Å². The molecule has 0 saturated carbocycles. The monoisotopic (exact) mass is 299 g/mol. The highest BCUT2D eigenvalue weighted by Gasteiger charge is 2.19. The molecule has 112 valence electrons. The van der Waals surface area contributed by atoms with E-state index < -0.39 is 12.1 Å². The first kappa shape index (κ1) is 16.8. The summed E-state index contributed by atoms with van der Waals surface area (Å²) in [5, 5.41) is 0.599. The molecule has 0 aliphatic rings. The molecule has 5 heteroatoms. The Labute approximate surface area is 125 Å². The van der Waals surface area contributed by atoms with Crippen molar-refractivity contribution in [2.24, 2.45) is 5.73 Å². The lowest BCUT2D eigenvalue weighted by atomic mass is 10.0. The minimum absolute atomic E-state index is 0.00940. The molecular formula is C15H22ClNO3. The molecule has 0 spiro atoms. The number of hydrogen-bond acceptors (Lipinski definition) is 4. The Hall–Kier alpha value is -1.26. The lowest BCUT2D eigenvalue weighted by Crippen LogP contribution is -2.27. The van der Waals surface area contributed by atoms with Crippen molar-refractivity contribution in [1.82, 2.24) is 0 Å². The lowest BCUT2D eigenvalue weighted by molar-refractivity contribution is -0.150. The molecular weight excluding hydrogens is 278 g/mol. The normalized spacial score (nSPS) is 13.7. The van der Waals surface area contributed by atoms with Gasteiger partial charge in [-0.3, -0.25) is 0 Å². The van der Waals surface area contributed by atoms with Crippen LogP contribution in [0.2, 0.25) is 5.02 Å². The molecule has 20 heavy (non-hydrogen) atoms. The Balaban J connectivity index is 2.88. The highest BCUT2D eigenvalue weighted by Crippen LogP contribution is 2.28. The van der Waals surface area contributed by atoms with Crippen molar-refractivity contribution in [1.29, 1.82) is 0 Å². The zero-order valence-corrected chi connectivity index (χ0v) is 12.9. The van der Waals surface area contributed by atoms with Crippen molar-refractivity contribution < 1.29 is 14.3 Å². The summed E-state index contributed by atoms with van der Waals surface area (Å²) in [4.78, 5) is 11.6. The number of halogens is 1.